The van der Waals surface area contributed by atoms with Crippen LogP contribution in [-0.4, -0.2) is 0 Å². The SMILES string of the molecule is CCC(c1cccc(C#N)c1)C(C)C. The summed E-state index contributed by atoms with van der Waals surface area (Å²) in [5, 5.41) is 8.81. The van der Waals surface area contributed by atoms with E-state index in [9.17, 15) is 0 Å². The van der Waals surface area contributed by atoms with E-state index in [1.807, 2.05) is 18.2 Å². The summed E-state index contributed by atoms with van der Waals surface area (Å²) in [5.74, 6) is 1.21. The molecular weight excluding hydrogens is 170 g/mol. The first-order valence-corrected chi connectivity index (χ1v) is 5.19. The summed E-state index contributed by atoms with van der Waals surface area (Å²) in [6, 6.07) is 10.1. The first-order chi connectivity index (χ1) is 6.69. The third-order valence-corrected chi connectivity index (χ3v) is 2.69. The molecule has 1 aromatic carbocycles. The summed E-state index contributed by atoms with van der Waals surface area (Å²) >= 11 is 0. The summed E-state index contributed by atoms with van der Waals surface area (Å²) in [6.07, 6.45) is 1.13. The number of nitrogens with zero attached hydrogens (tertiary/aromatic N) is 1. The Bertz CT molecular complexity index is 333. The van der Waals surface area contributed by atoms with Gasteiger partial charge in [-0.25, -0.2) is 0 Å². The van der Waals surface area contributed by atoms with Gasteiger partial charge in [-0.2, -0.15) is 5.26 Å². The van der Waals surface area contributed by atoms with Crippen molar-refractivity contribution >= 4 is 0 Å². The molecule has 0 aliphatic rings. The predicted molar refractivity (Wildman–Crippen MR) is 59.0 cm³/mol. The molecule has 0 spiro atoms. The molecule has 0 amide bonds. The minimum Gasteiger partial charge on any atom is -0.192 e. The van der Waals surface area contributed by atoms with Crippen LogP contribution in [0.15, 0.2) is 24.3 Å². The van der Waals surface area contributed by atoms with Gasteiger partial charge < -0.3 is 0 Å². The molecule has 0 fully saturated rings. The molecule has 0 radical (unpaired) electrons. The molecule has 1 unspecified atom stereocenters. The molecule has 0 saturated heterocycles. The Morgan fingerprint density at radius 2 is 2.07 bits per heavy atom. The van der Waals surface area contributed by atoms with Gasteiger partial charge in [0.2, 0.25) is 0 Å². The Kier molecular flexibility index (Phi) is 3.71. The molecule has 0 aliphatic heterocycles. The van der Waals surface area contributed by atoms with E-state index in [-0.39, 0.29) is 0 Å². The zero-order valence-electron chi connectivity index (χ0n) is 9.12. The lowest BCUT2D eigenvalue weighted by atomic mass is 9.86. The zero-order chi connectivity index (χ0) is 10.6. The molecule has 1 atom stereocenters. The van der Waals surface area contributed by atoms with Gasteiger partial charge in [0.15, 0.2) is 0 Å². The van der Waals surface area contributed by atoms with Crippen LogP contribution in [0.5, 0.6) is 0 Å². The molecule has 0 saturated carbocycles. The van der Waals surface area contributed by atoms with Crippen molar-refractivity contribution in [1.82, 2.24) is 0 Å². The number of nitriles is 1. The van der Waals surface area contributed by atoms with Crippen LogP contribution < -0.4 is 0 Å². The Balaban J connectivity index is 2.99. The van der Waals surface area contributed by atoms with Gasteiger partial charge in [-0.3, -0.25) is 0 Å². The van der Waals surface area contributed by atoms with Crippen LogP contribution in [0.3, 0.4) is 0 Å². The first kappa shape index (κ1) is 10.8. The molecule has 74 valence electrons. The summed E-state index contributed by atoms with van der Waals surface area (Å²) in [6.45, 7) is 6.66. The second kappa shape index (κ2) is 4.81. The molecule has 0 aromatic heterocycles. The van der Waals surface area contributed by atoms with Gasteiger partial charge in [0.1, 0.15) is 0 Å². The number of hydrogen-bond donors (Lipinski definition) is 0. The lowest BCUT2D eigenvalue weighted by molar-refractivity contribution is 0.485. The number of hydrogen-bond acceptors (Lipinski definition) is 1. The molecule has 0 aliphatic carbocycles. The van der Waals surface area contributed by atoms with Crippen molar-refractivity contribution in [3.8, 4) is 6.07 Å². The third kappa shape index (κ3) is 2.35. The maximum absolute atomic E-state index is 8.81. The highest BCUT2D eigenvalue weighted by Crippen LogP contribution is 2.27. The van der Waals surface area contributed by atoms with Gasteiger partial charge in [0.25, 0.3) is 0 Å². The summed E-state index contributed by atoms with van der Waals surface area (Å²) in [4.78, 5) is 0. The van der Waals surface area contributed by atoms with E-state index < -0.39 is 0 Å². The van der Waals surface area contributed by atoms with E-state index in [0.717, 1.165) is 12.0 Å². The average molecular weight is 187 g/mol. The van der Waals surface area contributed by atoms with Crippen LogP contribution in [0.4, 0.5) is 0 Å². The molecule has 1 nitrogen and oxygen atoms in total. The summed E-state index contributed by atoms with van der Waals surface area (Å²) < 4.78 is 0. The topological polar surface area (TPSA) is 23.8 Å². The van der Waals surface area contributed by atoms with Crippen LogP contribution in [0, 0.1) is 17.2 Å². The molecule has 0 N–H and O–H groups in total. The van der Waals surface area contributed by atoms with E-state index in [1.54, 1.807) is 0 Å². The van der Waals surface area contributed by atoms with Crippen molar-refractivity contribution in [3.63, 3.8) is 0 Å². The van der Waals surface area contributed by atoms with Crippen molar-refractivity contribution in [2.45, 2.75) is 33.1 Å². The van der Waals surface area contributed by atoms with Gasteiger partial charge in [0.05, 0.1) is 11.6 Å². The third-order valence-electron chi connectivity index (χ3n) is 2.69. The van der Waals surface area contributed by atoms with Gasteiger partial charge in [0, 0.05) is 0 Å². The minimum atomic E-state index is 0.572. The Hall–Kier alpha value is -1.29. The van der Waals surface area contributed by atoms with Crippen molar-refractivity contribution in [1.29, 1.82) is 5.26 Å². The van der Waals surface area contributed by atoms with Gasteiger partial charge in [-0.1, -0.05) is 32.9 Å². The highest BCUT2D eigenvalue weighted by molar-refractivity contribution is 5.34. The van der Waals surface area contributed by atoms with E-state index in [2.05, 4.69) is 32.9 Å². The van der Waals surface area contributed by atoms with Crippen molar-refractivity contribution in [2.24, 2.45) is 5.92 Å². The van der Waals surface area contributed by atoms with Gasteiger partial charge >= 0.3 is 0 Å². The summed E-state index contributed by atoms with van der Waals surface area (Å²) in [7, 11) is 0. The van der Waals surface area contributed by atoms with E-state index in [1.165, 1.54) is 5.56 Å². The van der Waals surface area contributed by atoms with Gasteiger partial charge in [-0.05, 0) is 36.0 Å². The Labute approximate surface area is 86.4 Å². The second-order valence-corrected chi connectivity index (χ2v) is 4.00. The molecule has 14 heavy (non-hydrogen) atoms. The predicted octanol–water partition coefficient (Wildman–Crippen LogP) is 3.71. The molecular formula is C13H17N. The normalized spacial score (nSPS) is 12.5. The quantitative estimate of drug-likeness (QED) is 0.707. The second-order valence-electron chi connectivity index (χ2n) is 4.00. The average Bonchev–Trinajstić information content (AvgIpc) is 2.19. The van der Waals surface area contributed by atoms with Crippen molar-refractivity contribution in [2.75, 3.05) is 0 Å². The van der Waals surface area contributed by atoms with E-state index in [4.69, 9.17) is 5.26 Å². The molecule has 0 bridgehead atoms. The van der Waals surface area contributed by atoms with Crippen molar-refractivity contribution < 1.29 is 0 Å². The maximum atomic E-state index is 8.81. The van der Waals surface area contributed by atoms with Crippen LogP contribution in [0.25, 0.3) is 0 Å². The van der Waals surface area contributed by atoms with Crippen molar-refractivity contribution in [3.05, 3.63) is 35.4 Å². The van der Waals surface area contributed by atoms with Crippen LogP contribution >= 0.6 is 0 Å². The number of benzene rings is 1. The fraction of sp³-hybridized carbons (Fsp3) is 0.462. The van der Waals surface area contributed by atoms with E-state index in [0.29, 0.717) is 11.8 Å². The lowest BCUT2D eigenvalue weighted by Gasteiger charge is -2.19. The molecule has 1 heteroatoms. The fourth-order valence-electron chi connectivity index (χ4n) is 1.93. The zero-order valence-corrected chi connectivity index (χ0v) is 9.12. The van der Waals surface area contributed by atoms with Crippen LogP contribution in [-0.2, 0) is 0 Å². The number of rotatable bonds is 3. The Morgan fingerprint density at radius 3 is 2.57 bits per heavy atom. The molecule has 1 aromatic rings. The van der Waals surface area contributed by atoms with Crippen LogP contribution in [0.2, 0.25) is 0 Å². The fourth-order valence-corrected chi connectivity index (χ4v) is 1.93. The summed E-state index contributed by atoms with van der Waals surface area (Å²) in [5.41, 5.74) is 2.06. The smallest absolute Gasteiger partial charge is 0.0991 e. The highest BCUT2D eigenvalue weighted by Gasteiger charge is 2.13. The highest BCUT2D eigenvalue weighted by atomic mass is 14.2. The largest absolute Gasteiger partial charge is 0.192 e. The van der Waals surface area contributed by atoms with Gasteiger partial charge in [-0.15, -0.1) is 0 Å². The van der Waals surface area contributed by atoms with E-state index >= 15 is 0 Å². The Morgan fingerprint density at radius 1 is 1.36 bits per heavy atom. The molecule has 0 heterocycles. The van der Waals surface area contributed by atoms with Crippen LogP contribution in [0.1, 0.15) is 44.2 Å². The standard InChI is InChI=1S/C13H17N/c1-4-13(10(2)3)12-7-5-6-11(8-12)9-14/h5-8,10,13H,4H2,1-3H3. The monoisotopic (exact) mass is 187 g/mol. The maximum Gasteiger partial charge on any atom is 0.0991 e. The lowest BCUT2D eigenvalue weighted by Crippen LogP contribution is -2.05. The first-order valence-electron chi connectivity index (χ1n) is 5.19. The molecule has 1 rings (SSSR count). The minimum absolute atomic E-state index is 0.572.